The van der Waals surface area contributed by atoms with Crippen LogP contribution >= 0.6 is 11.5 Å². The molecule has 2 heterocycles. The third-order valence-electron chi connectivity index (χ3n) is 5.19. The van der Waals surface area contributed by atoms with Crippen LogP contribution in [0.3, 0.4) is 0 Å². The molecular formula is C22H23FN4OS. The van der Waals surface area contributed by atoms with Crippen LogP contribution in [0.5, 0.6) is 0 Å². The number of rotatable bonds is 4. The van der Waals surface area contributed by atoms with Crippen molar-refractivity contribution in [3.8, 4) is 0 Å². The molecule has 5 nitrogen and oxygen atoms in total. The Morgan fingerprint density at radius 3 is 2.55 bits per heavy atom. The van der Waals surface area contributed by atoms with E-state index in [4.69, 9.17) is 4.98 Å². The highest BCUT2D eigenvalue weighted by Crippen LogP contribution is 2.23. The van der Waals surface area contributed by atoms with E-state index in [1.54, 1.807) is 12.1 Å². The van der Waals surface area contributed by atoms with Gasteiger partial charge in [-0.2, -0.15) is 4.37 Å². The first-order valence-corrected chi connectivity index (χ1v) is 10.5. The summed E-state index contributed by atoms with van der Waals surface area (Å²) in [5.74, 6) is 0.429. The SMILES string of the molecule is Cc1ccc(Cc2nsc(N3CCN(C(=O)c4ccc(F)cc4)C(C)C3)n2)cc1. The molecule has 1 aliphatic heterocycles. The van der Waals surface area contributed by atoms with Gasteiger partial charge in [-0.15, -0.1) is 0 Å². The minimum absolute atomic E-state index is 0.0331. The van der Waals surface area contributed by atoms with Crippen LogP contribution < -0.4 is 4.90 Å². The number of benzene rings is 2. The van der Waals surface area contributed by atoms with Crippen LogP contribution in [0.4, 0.5) is 9.52 Å². The van der Waals surface area contributed by atoms with Crippen molar-refractivity contribution >= 4 is 22.6 Å². The van der Waals surface area contributed by atoms with Crippen molar-refractivity contribution < 1.29 is 9.18 Å². The third kappa shape index (κ3) is 4.45. The Kier molecular flexibility index (Phi) is 5.58. The summed E-state index contributed by atoms with van der Waals surface area (Å²) in [4.78, 5) is 21.5. The molecule has 0 N–H and O–H groups in total. The van der Waals surface area contributed by atoms with Gasteiger partial charge in [0.2, 0.25) is 5.13 Å². The maximum atomic E-state index is 13.1. The number of aryl methyl sites for hydroxylation is 1. The fraction of sp³-hybridized carbons (Fsp3) is 0.318. The fourth-order valence-electron chi connectivity index (χ4n) is 3.52. The number of hydrogen-bond donors (Lipinski definition) is 0. The Hall–Kier alpha value is -2.80. The van der Waals surface area contributed by atoms with Crippen molar-refractivity contribution in [2.45, 2.75) is 26.3 Å². The van der Waals surface area contributed by atoms with Crippen molar-refractivity contribution in [1.29, 1.82) is 0 Å². The van der Waals surface area contributed by atoms with E-state index in [0.717, 1.165) is 17.4 Å². The molecule has 0 radical (unpaired) electrons. The normalized spacial score (nSPS) is 16.9. The molecule has 1 atom stereocenters. The summed E-state index contributed by atoms with van der Waals surface area (Å²) in [7, 11) is 0. The molecule has 1 aromatic heterocycles. The molecule has 1 aliphatic rings. The molecule has 0 saturated carbocycles. The van der Waals surface area contributed by atoms with Gasteiger partial charge in [0, 0.05) is 49.2 Å². The number of anilines is 1. The van der Waals surface area contributed by atoms with Crippen molar-refractivity contribution in [3.05, 3.63) is 76.9 Å². The molecule has 1 amide bonds. The van der Waals surface area contributed by atoms with Crippen molar-refractivity contribution in [2.75, 3.05) is 24.5 Å². The summed E-state index contributed by atoms with van der Waals surface area (Å²) in [5, 5.41) is 0.896. The van der Waals surface area contributed by atoms with E-state index in [1.165, 1.54) is 34.8 Å². The molecule has 0 spiro atoms. The molecule has 0 bridgehead atoms. The van der Waals surface area contributed by atoms with Crippen molar-refractivity contribution in [1.82, 2.24) is 14.3 Å². The zero-order valence-corrected chi connectivity index (χ0v) is 17.3. The van der Waals surface area contributed by atoms with Crippen LogP contribution in [0.2, 0.25) is 0 Å². The summed E-state index contributed by atoms with van der Waals surface area (Å²) < 4.78 is 17.6. The van der Waals surface area contributed by atoms with Crippen molar-refractivity contribution in [2.24, 2.45) is 0 Å². The number of amides is 1. The first-order valence-electron chi connectivity index (χ1n) is 9.69. The van der Waals surface area contributed by atoms with Crippen molar-refractivity contribution in [3.63, 3.8) is 0 Å². The van der Waals surface area contributed by atoms with E-state index in [1.807, 2.05) is 11.8 Å². The highest BCUT2D eigenvalue weighted by Gasteiger charge is 2.29. The lowest BCUT2D eigenvalue weighted by Gasteiger charge is -2.39. The second-order valence-corrected chi connectivity index (χ2v) is 8.19. The third-order valence-corrected chi connectivity index (χ3v) is 6.01. The van der Waals surface area contributed by atoms with Gasteiger partial charge in [0.15, 0.2) is 0 Å². The summed E-state index contributed by atoms with van der Waals surface area (Å²) in [6, 6.07) is 14.2. The predicted molar refractivity (Wildman–Crippen MR) is 113 cm³/mol. The molecule has 2 aromatic carbocycles. The Morgan fingerprint density at radius 1 is 1.14 bits per heavy atom. The first kappa shape index (κ1) is 19.5. The van der Waals surface area contributed by atoms with Crippen LogP contribution in [0.25, 0.3) is 0 Å². The highest BCUT2D eigenvalue weighted by molar-refractivity contribution is 7.09. The lowest BCUT2D eigenvalue weighted by Crippen LogP contribution is -2.54. The molecule has 3 aromatic rings. The summed E-state index contributed by atoms with van der Waals surface area (Å²) in [5.41, 5.74) is 2.95. The maximum Gasteiger partial charge on any atom is 0.254 e. The monoisotopic (exact) mass is 410 g/mol. The number of halogens is 1. The summed E-state index contributed by atoms with van der Waals surface area (Å²) >= 11 is 1.41. The van der Waals surface area contributed by atoms with Crippen LogP contribution in [-0.2, 0) is 6.42 Å². The molecular weight excluding hydrogens is 387 g/mol. The molecule has 150 valence electrons. The van der Waals surface area contributed by atoms with E-state index < -0.39 is 0 Å². The smallest absolute Gasteiger partial charge is 0.254 e. The number of carbonyl (C=O) groups is 1. The average molecular weight is 411 g/mol. The minimum Gasteiger partial charge on any atom is -0.343 e. The first-order chi connectivity index (χ1) is 14.0. The number of nitrogens with zero attached hydrogens (tertiary/aromatic N) is 4. The van der Waals surface area contributed by atoms with E-state index >= 15 is 0 Å². The fourth-order valence-corrected chi connectivity index (χ4v) is 4.24. The second kappa shape index (κ2) is 8.29. The van der Waals surface area contributed by atoms with Gasteiger partial charge in [-0.3, -0.25) is 4.79 Å². The average Bonchev–Trinajstić information content (AvgIpc) is 3.18. The zero-order valence-electron chi connectivity index (χ0n) is 16.5. The van der Waals surface area contributed by atoms with E-state index in [0.29, 0.717) is 25.2 Å². The van der Waals surface area contributed by atoms with Gasteiger partial charge < -0.3 is 9.80 Å². The van der Waals surface area contributed by atoms with Crippen LogP contribution in [0.1, 0.15) is 34.2 Å². The standard InChI is InChI=1S/C22H23FN4OS/c1-15-3-5-17(6-4-15)13-20-24-22(29-25-20)26-11-12-27(16(2)14-26)21(28)18-7-9-19(23)10-8-18/h3-10,16H,11-14H2,1-2H3. The number of piperazine rings is 1. The van der Waals surface area contributed by atoms with E-state index in [9.17, 15) is 9.18 Å². The molecule has 1 saturated heterocycles. The Morgan fingerprint density at radius 2 is 1.86 bits per heavy atom. The van der Waals surface area contributed by atoms with Gasteiger partial charge in [-0.25, -0.2) is 9.37 Å². The topological polar surface area (TPSA) is 49.3 Å². The van der Waals surface area contributed by atoms with Gasteiger partial charge in [0.05, 0.1) is 0 Å². The Labute approximate surface area is 174 Å². The highest BCUT2D eigenvalue weighted by atomic mass is 32.1. The predicted octanol–water partition coefficient (Wildman–Crippen LogP) is 3.93. The lowest BCUT2D eigenvalue weighted by molar-refractivity contribution is 0.0674. The second-order valence-electron chi connectivity index (χ2n) is 7.46. The van der Waals surface area contributed by atoms with Gasteiger partial charge in [-0.05, 0) is 43.7 Å². The van der Waals surface area contributed by atoms with Crippen LogP contribution in [-0.4, -0.2) is 45.8 Å². The van der Waals surface area contributed by atoms with E-state index in [2.05, 4.69) is 40.5 Å². The van der Waals surface area contributed by atoms with Gasteiger partial charge in [0.25, 0.3) is 5.91 Å². The van der Waals surface area contributed by atoms with E-state index in [-0.39, 0.29) is 17.8 Å². The van der Waals surface area contributed by atoms with Gasteiger partial charge in [0.1, 0.15) is 11.6 Å². The molecule has 4 rings (SSSR count). The van der Waals surface area contributed by atoms with Crippen LogP contribution in [0, 0.1) is 12.7 Å². The summed E-state index contributed by atoms with van der Waals surface area (Å²) in [6.45, 7) is 6.11. The van der Waals surface area contributed by atoms with Gasteiger partial charge in [-0.1, -0.05) is 29.8 Å². The Balaban J connectivity index is 1.39. The number of hydrogen-bond acceptors (Lipinski definition) is 5. The molecule has 0 aliphatic carbocycles. The van der Waals surface area contributed by atoms with Crippen LogP contribution in [0.15, 0.2) is 48.5 Å². The molecule has 1 fully saturated rings. The lowest BCUT2D eigenvalue weighted by atomic mass is 10.1. The van der Waals surface area contributed by atoms with Gasteiger partial charge >= 0.3 is 0 Å². The zero-order chi connectivity index (χ0) is 20.4. The minimum atomic E-state index is -0.336. The number of aromatic nitrogens is 2. The number of carbonyl (C=O) groups excluding carboxylic acids is 1. The largest absolute Gasteiger partial charge is 0.343 e. The molecule has 1 unspecified atom stereocenters. The molecule has 7 heteroatoms. The molecule has 29 heavy (non-hydrogen) atoms. The quantitative estimate of drug-likeness (QED) is 0.654. The maximum absolute atomic E-state index is 13.1. The Bertz CT molecular complexity index is 987. The summed E-state index contributed by atoms with van der Waals surface area (Å²) in [6.07, 6.45) is 0.718.